The summed E-state index contributed by atoms with van der Waals surface area (Å²) in [5.41, 5.74) is 1.18. The van der Waals surface area contributed by atoms with Crippen molar-refractivity contribution in [3.8, 4) is 11.5 Å². The van der Waals surface area contributed by atoms with E-state index in [1.54, 1.807) is 14.2 Å². The van der Waals surface area contributed by atoms with Crippen LogP contribution < -0.4 is 9.47 Å². The summed E-state index contributed by atoms with van der Waals surface area (Å²) in [4.78, 5) is 2.10. The van der Waals surface area contributed by atoms with Crippen LogP contribution in [0.15, 0.2) is 18.2 Å². The molecule has 1 aromatic rings. The average Bonchev–Trinajstić information content (AvgIpc) is 2.28. The number of methoxy groups -OCH3 is 2. The molecule has 0 unspecified atom stereocenters. The zero-order chi connectivity index (χ0) is 11.3. The molecule has 1 rings (SSSR count). The first-order valence-corrected chi connectivity index (χ1v) is 5.34. The van der Waals surface area contributed by atoms with E-state index in [1.807, 2.05) is 25.2 Å². The van der Waals surface area contributed by atoms with Gasteiger partial charge in [-0.2, -0.15) is 12.6 Å². The molecule has 84 valence electrons. The summed E-state index contributed by atoms with van der Waals surface area (Å²) in [6, 6.07) is 5.93. The highest BCUT2D eigenvalue weighted by Gasteiger charge is 2.05. The van der Waals surface area contributed by atoms with Gasteiger partial charge in [-0.15, -0.1) is 0 Å². The zero-order valence-electron chi connectivity index (χ0n) is 9.36. The lowest BCUT2D eigenvalue weighted by Gasteiger charge is -2.15. The lowest BCUT2D eigenvalue weighted by atomic mass is 10.2. The molecular weight excluding hydrogens is 210 g/mol. The van der Waals surface area contributed by atoms with E-state index in [1.165, 1.54) is 5.56 Å². The minimum absolute atomic E-state index is 0.731. The standard InChI is InChI=1S/C11H17NO2S/c1-12(8-15)7-9-4-5-10(13-2)11(6-9)14-3/h4-6,15H,7-8H2,1-3H3. The van der Waals surface area contributed by atoms with Crippen LogP contribution in [0.3, 0.4) is 0 Å². The van der Waals surface area contributed by atoms with Gasteiger partial charge in [0.25, 0.3) is 0 Å². The van der Waals surface area contributed by atoms with Crippen molar-refractivity contribution in [2.45, 2.75) is 6.54 Å². The van der Waals surface area contributed by atoms with E-state index in [4.69, 9.17) is 9.47 Å². The first-order valence-electron chi connectivity index (χ1n) is 4.71. The number of hydrogen-bond donors (Lipinski definition) is 1. The van der Waals surface area contributed by atoms with Crippen molar-refractivity contribution in [1.82, 2.24) is 4.90 Å². The Labute approximate surface area is 96.4 Å². The third kappa shape index (κ3) is 3.32. The molecule has 0 amide bonds. The summed E-state index contributed by atoms with van der Waals surface area (Å²) < 4.78 is 10.4. The van der Waals surface area contributed by atoms with E-state index in [0.29, 0.717) is 0 Å². The summed E-state index contributed by atoms with van der Waals surface area (Å²) >= 11 is 4.20. The van der Waals surface area contributed by atoms with Crippen molar-refractivity contribution in [3.63, 3.8) is 0 Å². The third-order valence-electron chi connectivity index (χ3n) is 2.14. The fourth-order valence-electron chi connectivity index (χ4n) is 1.34. The molecule has 15 heavy (non-hydrogen) atoms. The molecule has 0 aliphatic carbocycles. The maximum atomic E-state index is 5.23. The maximum Gasteiger partial charge on any atom is 0.161 e. The SMILES string of the molecule is COc1ccc(CN(C)CS)cc1OC. The van der Waals surface area contributed by atoms with Crippen molar-refractivity contribution in [3.05, 3.63) is 23.8 Å². The zero-order valence-corrected chi connectivity index (χ0v) is 10.3. The van der Waals surface area contributed by atoms with Gasteiger partial charge >= 0.3 is 0 Å². The van der Waals surface area contributed by atoms with E-state index in [-0.39, 0.29) is 0 Å². The highest BCUT2D eigenvalue weighted by Crippen LogP contribution is 2.27. The van der Waals surface area contributed by atoms with Gasteiger partial charge in [-0.25, -0.2) is 0 Å². The third-order valence-corrected chi connectivity index (χ3v) is 2.62. The first-order chi connectivity index (χ1) is 7.21. The van der Waals surface area contributed by atoms with Crippen LogP contribution in [0.5, 0.6) is 11.5 Å². The van der Waals surface area contributed by atoms with Gasteiger partial charge in [0, 0.05) is 12.4 Å². The highest BCUT2D eigenvalue weighted by molar-refractivity contribution is 7.80. The van der Waals surface area contributed by atoms with E-state index in [2.05, 4.69) is 17.5 Å². The van der Waals surface area contributed by atoms with Crippen molar-refractivity contribution >= 4 is 12.6 Å². The molecule has 0 radical (unpaired) electrons. The Bertz CT molecular complexity index is 317. The Morgan fingerprint density at radius 1 is 1.20 bits per heavy atom. The van der Waals surface area contributed by atoms with Crippen LogP contribution in [0.4, 0.5) is 0 Å². The molecule has 0 aliphatic heterocycles. The summed E-state index contributed by atoms with van der Waals surface area (Å²) in [6.45, 7) is 0.851. The molecule has 0 aliphatic rings. The van der Waals surface area contributed by atoms with Crippen molar-refractivity contribution in [1.29, 1.82) is 0 Å². The number of benzene rings is 1. The Morgan fingerprint density at radius 3 is 2.40 bits per heavy atom. The largest absolute Gasteiger partial charge is 0.493 e. The topological polar surface area (TPSA) is 21.7 Å². The van der Waals surface area contributed by atoms with E-state index in [9.17, 15) is 0 Å². The van der Waals surface area contributed by atoms with Gasteiger partial charge in [-0.05, 0) is 24.7 Å². The Balaban J connectivity index is 2.83. The summed E-state index contributed by atoms with van der Waals surface area (Å²) in [7, 11) is 5.30. The van der Waals surface area contributed by atoms with Crippen LogP contribution in [-0.4, -0.2) is 32.0 Å². The lowest BCUT2D eigenvalue weighted by Crippen LogP contribution is -2.15. The van der Waals surface area contributed by atoms with Gasteiger partial charge in [0.2, 0.25) is 0 Å². The monoisotopic (exact) mass is 227 g/mol. The molecule has 0 saturated carbocycles. The molecule has 0 heterocycles. The minimum Gasteiger partial charge on any atom is -0.493 e. The van der Waals surface area contributed by atoms with Crippen LogP contribution in [0.1, 0.15) is 5.56 Å². The maximum absolute atomic E-state index is 5.23. The number of thiol groups is 1. The smallest absolute Gasteiger partial charge is 0.161 e. The lowest BCUT2D eigenvalue weighted by molar-refractivity contribution is 0.351. The van der Waals surface area contributed by atoms with Crippen LogP contribution in [0, 0.1) is 0 Å². The second kappa shape index (κ2) is 5.88. The van der Waals surface area contributed by atoms with Gasteiger partial charge in [0.1, 0.15) is 0 Å². The first kappa shape index (κ1) is 12.2. The molecule has 0 N–H and O–H groups in total. The molecule has 0 fully saturated rings. The Morgan fingerprint density at radius 2 is 1.87 bits per heavy atom. The Kier molecular flexibility index (Phi) is 4.78. The number of nitrogens with zero attached hydrogens (tertiary/aromatic N) is 1. The van der Waals surface area contributed by atoms with Crippen LogP contribution in [0.2, 0.25) is 0 Å². The highest BCUT2D eigenvalue weighted by atomic mass is 32.1. The second-order valence-corrected chi connectivity index (χ2v) is 3.63. The van der Waals surface area contributed by atoms with E-state index < -0.39 is 0 Å². The van der Waals surface area contributed by atoms with Crippen LogP contribution >= 0.6 is 12.6 Å². The van der Waals surface area contributed by atoms with Gasteiger partial charge in [0.15, 0.2) is 11.5 Å². The van der Waals surface area contributed by atoms with Crippen LogP contribution in [-0.2, 0) is 6.54 Å². The van der Waals surface area contributed by atoms with Gasteiger partial charge < -0.3 is 9.47 Å². The van der Waals surface area contributed by atoms with Crippen molar-refractivity contribution in [2.24, 2.45) is 0 Å². The summed E-state index contributed by atoms with van der Waals surface area (Å²) in [6.07, 6.45) is 0. The summed E-state index contributed by atoms with van der Waals surface area (Å²) in [5, 5.41) is 0. The molecule has 0 bridgehead atoms. The number of rotatable bonds is 5. The molecule has 0 saturated heterocycles. The van der Waals surface area contributed by atoms with Crippen molar-refractivity contribution in [2.75, 3.05) is 27.1 Å². The van der Waals surface area contributed by atoms with Crippen molar-refractivity contribution < 1.29 is 9.47 Å². The molecule has 1 aromatic carbocycles. The van der Waals surface area contributed by atoms with Crippen LogP contribution in [0.25, 0.3) is 0 Å². The summed E-state index contributed by atoms with van der Waals surface area (Å²) in [5.74, 6) is 2.26. The second-order valence-electron chi connectivity index (χ2n) is 3.34. The minimum atomic E-state index is 0.731. The Hall–Kier alpha value is -0.870. The van der Waals surface area contributed by atoms with Gasteiger partial charge in [0.05, 0.1) is 14.2 Å². The fraction of sp³-hybridized carbons (Fsp3) is 0.455. The van der Waals surface area contributed by atoms with Gasteiger partial charge in [-0.1, -0.05) is 6.07 Å². The molecular formula is C11H17NO2S. The van der Waals surface area contributed by atoms with Gasteiger partial charge in [-0.3, -0.25) is 4.90 Å². The normalized spacial score (nSPS) is 10.5. The molecule has 0 spiro atoms. The molecule has 0 aromatic heterocycles. The molecule has 0 atom stereocenters. The molecule has 4 heteroatoms. The average molecular weight is 227 g/mol. The predicted molar refractivity (Wildman–Crippen MR) is 64.9 cm³/mol. The fourth-order valence-corrected chi connectivity index (χ4v) is 1.44. The van der Waals surface area contributed by atoms with E-state index in [0.717, 1.165) is 23.9 Å². The predicted octanol–water partition coefficient (Wildman–Crippen LogP) is 2.02. The number of ether oxygens (including phenoxy) is 2. The molecule has 3 nitrogen and oxygen atoms in total. The number of hydrogen-bond acceptors (Lipinski definition) is 4. The quantitative estimate of drug-likeness (QED) is 0.614. The van der Waals surface area contributed by atoms with E-state index >= 15 is 0 Å².